The normalized spacial score (nSPS) is 10.6. The van der Waals surface area contributed by atoms with E-state index < -0.39 is 6.03 Å². The Balaban J connectivity index is 1.77. The molecule has 0 unspecified atom stereocenters. The van der Waals surface area contributed by atoms with Crippen LogP contribution in [0.2, 0.25) is 0 Å². The van der Waals surface area contributed by atoms with E-state index in [0.29, 0.717) is 24.5 Å². The minimum Gasteiger partial charge on any atom is -0.497 e. The number of hydrogen-bond acceptors (Lipinski definition) is 5. The van der Waals surface area contributed by atoms with Gasteiger partial charge < -0.3 is 24.6 Å². The number of carbonyl (C=O) groups is 2. The van der Waals surface area contributed by atoms with Crippen molar-refractivity contribution in [1.29, 1.82) is 0 Å². The highest BCUT2D eigenvalue weighted by atomic mass is 32.1. The van der Waals surface area contributed by atoms with Gasteiger partial charge in [-0.25, -0.2) is 9.18 Å². The number of ether oxygens (including phenoxy) is 2. The third-order valence-electron chi connectivity index (χ3n) is 5.44. The number of nitrogens with one attached hydrogen (secondary N) is 1. The van der Waals surface area contributed by atoms with E-state index >= 15 is 0 Å². The van der Waals surface area contributed by atoms with E-state index in [0.717, 1.165) is 16.0 Å². The second-order valence-electron chi connectivity index (χ2n) is 7.98. The number of thiophene rings is 1. The second kappa shape index (κ2) is 12.9. The molecule has 0 atom stereocenters. The highest BCUT2D eigenvalue weighted by Gasteiger charge is 2.23. The molecule has 1 heterocycles. The molecule has 0 saturated heterocycles. The minimum absolute atomic E-state index is 0.134. The summed E-state index contributed by atoms with van der Waals surface area (Å²) >= 11 is 1.57. The molecule has 9 heteroatoms. The van der Waals surface area contributed by atoms with Crippen molar-refractivity contribution in [3.63, 3.8) is 0 Å². The fourth-order valence-corrected chi connectivity index (χ4v) is 4.32. The van der Waals surface area contributed by atoms with E-state index in [9.17, 15) is 14.0 Å². The third-order valence-corrected chi connectivity index (χ3v) is 6.45. The number of anilines is 1. The zero-order valence-electron chi connectivity index (χ0n) is 20.1. The molecule has 0 bridgehead atoms. The number of benzene rings is 2. The molecule has 1 N–H and O–H groups in total. The molecule has 0 aliphatic rings. The Morgan fingerprint density at radius 1 is 1.03 bits per heavy atom. The van der Waals surface area contributed by atoms with Gasteiger partial charge in [0.25, 0.3) is 0 Å². The first-order chi connectivity index (χ1) is 16.9. The van der Waals surface area contributed by atoms with Gasteiger partial charge in [-0.05, 0) is 53.8 Å². The summed E-state index contributed by atoms with van der Waals surface area (Å²) in [5.74, 6) is 0.0545. The van der Waals surface area contributed by atoms with Crippen LogP contribution in [0.25, 0.3) is 0 Å². The lowest BCUT2D eigenvalue weighted by Gasteiger charge is -2.28. The monoisotopic (exact) mass is 499 g/mol. The van der Waals surface area contributed by atoms with Crippen molar-refractivity contribution in [2.75, 3.05) is 39.2 Å². The van der Waals surface area contributed by atoms with E-state index in [-0.39, 0.29) is 31.4 Å². The van der Waals surface area contributed by atoms with Crippen molar-refractivity contribution in [3.8, 4) is 5.75 Å². The van der Waals surface area contributed by atoms with Crippen LogP contribution in [0.5, 0.6) is 5.75 Å². The van der Waals surface area contributed by atoms with Gasteiger partial charge in [-0.3, -0.25) is 4.79 Å². The summed E-state index contributed by atoms with van der Waals surface area (Å²) in [6, 6.07) is 14.7. The molecule has 0 fully saturated rings. The molecular formula is C26H30FN3O4S. The number of carbonyl (C=O) groups excluding carboxylic acids is 2. The lowest BCUT2D eigenvalue weighted by atomic mass is 10.2. The summed E-state index contributed by atoms with van der Waals surface area (Å²) in [5.41, 5.74) is 2.46. The molecule has 7 nitrogen and oxygen atoms in total. The van der Waals surface area contributed by atoms with E-state index in [2.05, 4.69) is 5.32 Å². The average Bonchev–Trinajstić information content (AvgIpc) is 3.26. The van der Waals surface area contributed by atoms with Crippen LogP contribution < -0.4 is 10.1 Å². The highest BCUT2D eigenvalue weighted by Crippen LogP contribution is 2.20. The summed E-state index contributed by atoms with van der Waals surface area (Å²) in [6.45, 7) is 3.08. The van der Waals surface area contributed by atoms with Gasteiger partial charge in [0, 0.05) is 36.8 Å². The topological polar surface area (TPSA) is 71.1 Å². The van der Waals surface area contributed by atoms with E-state index in [1.807, 2.05) is 18.4 Å². The van der Waals surface area contributed by atoms with Crippen molar-refractivity contribution in [3.05, 3.63) is 81.8 Å². The Bertz CT molecular complexity index is 1120. The fraction of sp³-hybridized carbons (Fsp3) is 0.308. The average molecular weight is 500 g/mol. The number of halogens is 1. The predicted molar refractivity (Wildman–Crippen MR) is 135 cm³/mol. The number of hydrogen-bond donors (Lipinski definition) is 1. The van der Waals surface area contributed by atoms with Gasteiger partial charge >= 0.3 is 6.03 Å². The molecular weight excluding hydrogens is 469 g/mol. The maximum Gasteiger partial charge on any atom is 0.322 e. The van der Waals surface area contributed by atoms with Crippen molar-refractivity contribution in [2.24, 2.45) is 0 Å². The first-order valence-corrected chi connectivity index (χ1v) is 12.0. The van der Waals surface area contributed by atoms with E-state index in [1.54, 1.807) is 66.9 Å². The highest BCUT2D eigenvalue weighted by molar-refractivity contribution is 7.10. The predicted octanol–water partition coefficient (Wildman–Crippen LogP) is 4.91. The summed E-state index contributed by atoms with van der Waals surface area (Å²) in [7, 11) is 3.09. The molecule has 1 aromatic heterocycles. The first-order valence-electron chi connectivity index (χ1n) is 11.1. The molecule has 3 aromatic rings. The van der Waals surface area contributed by atoms with Crippen molar-refractivity contribution < 1.29 is 23.5 Å². The number of rotatable bonds is 11. The maximum absolute atomic E-state index is 13.5. The maximum atomic E-state index is 13.5. The Hall–Kier alpha value is -3.43. The standard InChI is InChI=1S/C26H30FN3O4S/c1-19-11-14-35-24(19)17-30(16-20-7-9-21(27)10-8-20)25(31)18-29(12-13-33-2)26(32)28-22-5-4-6-23(15-22)34-3/h4-11,14-15H,12-13,16-18H2,1-3H3,(H,28,32). The Labute approximate surface area is 209 Å². The SMILES string of the molecule is COCCN(CC(=O)N(Cc1ccc(F)cc1)Cc1sccc1C)C(=O)Nc1cccc(OC)c1. The molecule has 0 aliphatic carbocycles. The summed E-state index contributed by atoms with van der Waals surface area (Å²) in [6.07, 6.45) is 0. The smallest absolute Gasteiger partial charge is 0.322 e. The van der Waals surface area contributed by atoms with Gasteiger partial charge in [-0.2, -0.15) is 0 Å². The van der Waals surface area contributed by atoms with Gasteiger partial charge in [0.2, 0.25) is 5.91 Å². The van der Waals surface area contributed by atoms with Gasteiger partial charge in [0.15, 0.2) is 0 Å². The lowest BCUT2D eigenvalue weighted by Crippen LogP contribution is -2.45. The molecule has 0 spiro atoms. The number of methoxy groups -OCH3 is 2. The molecule has 0 radical (unpaired) electrons. The Morgan fingerprint density at radius 3 is 2.46 bits per heavy atom. The Kier molecular flexibility index (Phi) is 9.63. The van der Waals surface area contributed by atoms with Crippen LogP contribution >= 0.6 is 11.3 Å². The molecule has 2 aromatic carbocycles. The van der Waals surface area contributed by atoms with Gasteiger partial charge in [0.05, 0.1) is 20.3 Å². The van der Waals surface area contributed by atoms with E-state index in [4.69, 9.17) is 9.47 Å². The molecule has 0 saturated carbocycles. The molecule has 186 valence electrons. The minimum atomic E-state index is -0.419. The fourth-order valence-electron chi connectivity index (χ4n) is 3.40. The zero-order chi connectivity index (χ0) is 25.2. The Morgan fingerprint density at radius 2 is 1.80 bits per heavy atom. The largest absolute Gasteiger partial charge is 0.497 e. The summed E-state index contributed by atoms with van der Waals surface area (Å²) in [5, 5.41) is 4.81. The second-order valence-corrected chi connectivity index (χ2v) is 8.98. The molecule has 3 amide bonds. The number of nitrogens with zero attached hydrogens (tertiary/aromatic N) is 2. The summed E-state index contributed by atoms with van der Waals surface area (Å²) < 4.78 is 23.8. The van der Waals surface area contributed by atoms with Crippen LogP contribution in [0, 0.1) is 12.7 Å². The van der Waals surface area contributed by atoms with Gasteiger partial charge in [-0.1, -0.05) is 18.2 Å². The molecule has 3 rings (SSSR count). The van der Waals surface area contributed by atoms with Crippen molar-refractivity contribution in [2.45, 2.75) is 20.0 Å². The van der Waals surface area contributed by atoms with Gasteiger partial charge in [0.1, 0.15) is 18.1 Å². The number of urea groups is 1. The third kappa shape index (κ3) is 7.80. The van der Waals surface area contributed by atoms with Crippen molar-refractivity contribution in [1.82, 2.24) is 9.80 Å². The molecule has 35 heavy (non-hydrogen) atoms. The number of amides is 3. The van der Waals surface area contributed by atoms with Crippen molar-refractivity contribution >= 4 is 29.0 Å². The number of aryl methyl sites for hydroxylation is 1. The quantitative estimate of drug-likeness (QED) is 0.407. The van der Waals surface area contributed by atoms with Crippen LogP contribution in [0.1, 0.15) is 16.0 Å². The van der Waals surface area contributed by atoms with Crippen LogP contribution in [0.4, 0.5) is 14.9 Å². The van der Waals surface area contributed by atoms with Gasteiger partial charge in [-0.15, -0.1) is 11.3 Å². The molecule has 0 aliphatic heterocycles. The first kappa shape index (κ1) is 26.2. The summed E-state index contributed by atoms with van der Waals surface area (Å²) in [4.78, 5) is 30.7. The van der Waals surface area contributed by atoms with Crippen LogP contribution in [0.3, 0.4) is 0 Å². The van der Waals surface area contributed by atoms with Crippen LogP contribution in [-0.2, 0) is 22.6 Å². The van der Waals surface area contributed by atoms with Crippen LogP contribution in [0.15, 0.2) is 60.0 Å². The zero-order valence-corrected chi connectivity index (χ0v) is 20.9. The van der Waals surface area contributed by atoms with E-state index in [1.165, 1.54) is 17.0 Å². The van der Waals surface area contributed by atoms with Crippen LogP contribution in [-0.4, -0.2) is 55.7 Å². The lowest BCUT2D eigenvalue weighted by molar-refractivity contribution is -0.133.